The number of aromatic amines is 1. The molecule has 2 aliphatic rings. The van der Waals surface area contributed by atoms with E-state index >= 15 is 0 Å². The highest BCUT2D eigenvalue weighted by Crippen LogP contribution is 2.36. The van der Waals surface area contributed by atoms with E-state index in [4.69, 9.17) is 0 Å². The lowest BCUT2D eigenvalue weighted by molar-refractivity contribution is -0.110. The molecule has 7 heteroatoms. The van der Waals surface area contributed by atoms with Gasteiger partial charge in [-0.3, -0.25) is 4.79 Å². The van der Waals surface area contributed by atoms with Gasteiger partial charge in [0, 0.05) is 28.9 Å². The van der Waals surface area contributed by atoms with Crippen molar-refractivity contribution in [3.63, 3.8) is 0 Å². The minimum atomic E-state index is -3.35. The molecular formula is C24H31N3O3S. The van der Waals surface area contributed by atoms with Crippen LogP contribution in [0.4, 0.5) is 5.69 Å². The maximum Gasteiger partial charge on any atom is 0.256 e. The van der Waals surface area contributed by atoms with Gasteiger partial charge in [0.05, 0.1) is 10.5 Å². The fraction of sp³-hybridized carbons (Fsp3) is 0.458. The Balaban J connectivity index is 1.77. The van der Waals surface area contributed by atoms with Gasteiger partial charge in [-0.15, -0.1) is 0 Å². The van der Waals surface area contributed by atoms with Crippen molar-refractivity contribution in [2.75, 3.05) is 32.2 Å². The Kier molecular flexibility index (Phi) is 6.08. The number of hydrogen-bond acceptors (Lipinski definition) is 4. The maximum absolute atomic E-state index is 12.8. The molecule has 2 aromatic rings. The fourth-order valence-corrected chi connectivity index (χ4v) is 5.27. The molecule has 0 spiro atoms. The molecule has 1 aromatic heterocycles. The molecule has 0 unspecified atom stereocenters. The molecule has 1 amide bonds. The first-order valence-electron chi connectivity index (χ1n) is 11.0. The number of sulfone groups is 1. The second-order valence-corrected chi connectivity index (χ2v) is 10.9. The fourth-order valence-electron chi connectivity index (χ4n) is 4.62. The number of aryl methyl sites for hydroxylation is 1. The third kappa shape index (κ3) is 4.62. The Labute approximate surface area is 184 Å². The Morgan fingerprint density at radius 1 is 1.13 bits per heavy atom. The number of H-pyrrole nitrogens is 1. The van der Waals surface area contributed by atoms with Gasteiger partial charge in [-0.1, -0.05) is 6.42 Å². The number of nitrogens with one attached hydrogen (secondary N) is 2. The van der Waals surface area contributed by atoms with Crippen molar-refractivity contribution in [3.05, 3.63) is 46.3 Å². The first-order valence-corrected chi connectivity index (χ1v) is 12.9. The van der Waals surface area contributed by atoms with E-state index in [-0.39, 0.29) is 10.8 Å². The molecule has 0 saturated carbocycles. The molecule has 0 fully saturated rings. The van der Waals surface area contributed by atoms with Crippen molar-refractivity contribution in [3.8, 4) is 0 Å². The van der Waals surface area contributed by atoms with E-state index in [1.165, 1.54) is 42.3 Å². The molecule has 6 nitrogen and oxygen atoms in total. The molecule has 0 radical (unpaired) electrons. The van der Waals surface area contributed by atoms with Gasteiger partial charge >= 0.3 is 0 Å². The van der Waals surface area contributed by atoms with Gasteiger partial charge < -0.3 is 15.2 Å². The summed E-state index contributed by atoms with van der Waals surface area (Å²) in [7, 11) is 0.814. The molecule has 166 valence electrons. The average Bonchev–Trinajstić information content (AvgIpc) is 3.06. The third-order valence-corrected chi connectivity index (χ3v) is 7.33. The van der Waals surface area contributed by atoms with Gasteiger partial charge in [0.2, 0.25) is 0 Å². The Morgan fingerprint density at radius 2 is 1.90 bits per heavy atom. The molecule has 1 aliphatic heterocycles. The number of amides is 1. The van der Waals surface area contributed by atoms with Gasteiger partial charge in [0.1, 0.15) is 0 Å². The number of fused-ring (bicyclic) bond motifs is 2. The molecule has 2 heterocycles. The highest BCUT2D eigenvalue weighted by molar-refractivity contribution is 7.90. The number of anilines is 1. The first kappa shape index (κ1) is 21.8. The zero-order chi connectivity index (χ0) is 22.2. The monoisotopic (exact) mass is 441 g/mol. The van der Waals surface area contributed by atoms with E-state index in [0.717, 1.165) is 37.9 Å². The summed E-state index contributed by atoms with van der Waals surface area (Å²) in [6.07, 6.45) is 10.9. The Bertz CT molecular complexity index is 1140. The van der Waals surface area contributed by atoms with Gasteiger partial charge in [-0.05, 0) is 94.6 Å². The van der Waals surface area contributed by atoms with Crippen LogP contribution in [0.15, 0.2) is 23.1 Å². The molecule has 1 aromatic carbocycles. The largest absolute Gasteiger partial charge is 0.358 e. The summed E-state index contributed by atoms with van der Waals surface area (Å²) in [5.41, 5.74) is 6.85. The lowest BCUT2D eigenvalue weighted by atomic mass is 9.98. The van der Waals surface area contributed by atoms with Crippen molar-refractivity contribution in [1.29, 1.82) is 0 Å². The smallest absolute Gasteiger partial charge is 0.256 e. The van der Waals surface area contributed by atoms with Crippen LogP contribution in [0.5, 0.6) is 0 Å². The number of nitrogens with zero attached hydrogens (tertiary/aromatic N) is 1. The van der Waals surface area contributed by atoms with Crippen molar-refractivity contribution < 1.29 is 13.2 Å². The maximum atomic E-state index is 12.8. The predicted molar refractivity (Wildman–Crippen MR) is 125 cm³/mol. The van der Waals surface area contributed by atoms with Gasteiger partial charge in [-0.25, -0.2) is 8.42 Å². The number of rotatable bonds is 6. The predicted octanol–water partition coefficient (Wildman–Crippen LogP) is 3.67. The topological polar surface area (TPSA) is 82.3 Å². The first-order chi connectivity index (χ1) is 14.7. The van der Waals surface area contributed by atoms with E-state index < -0.39 is 9.84 Å². The number of aromatic nitrogens is 1. The summed E-state index contributed by atoms with van der Waals surface area (Å²) in [5.74, 6) is -0.190. The standard InChI is InChI=1S/C24H31N3O3S/c1-27(2)13-7-9-18-17-8-5-4-6-10-21(17)25-23(18)15-20-19-14-16(31(3,29)30)11-12-22(19)26-24(20)28/h11-12,14-15,25H,4-10,13H2,1-3H3,(H,26,28)/b20-15-. The number of benzene rings is 1. The number of carbonyl (C=O) groups excluding carboxylic acids is 1. The van der Waals surface area contributed by atoms with Crippen LogP contribution in [0.3, 0.4) is 0 Å². The lowest BCUT2D eigenvalue weighted by Crippen LogP contribution is -2.13. The number of hydrogen-bond donors (Lipinski definition) is 2. The molecule has 0 bridgehead atoms. The van der Waals surface area contributed by atoms with Crippen LogP contribution in [0.2, 0.25) is 0 Å². The van der Waals surface area contributed by atoms with E-state index in [2.05, 4.69) is 29.3 Å². The van der Waals surface area contributed by atoms with Crippen molar-refractivity contribution >= 4 is 33.1 Å². The summed E-state index contributed by atoms with van der Waals surface area (Å²) >= 11 is 0. The SMILES string of the molecule is CN(C)CCCc1c(/C=C2\C(=O)Nc3ccc(S(C)(=O)=O)cc32)[nH]c2c1CCCCC2. The van der Waals surface area contributed by atoms with Crippen molar-refractivity contribution in [2.24, 2.45) is 0 Å². The molecule has 0 saturated heterocycles. The Morgan fingerprint density at radius 3 is 2.65 bits per heavy atom. The van der Waals surface area contributed by atoms with Crippen LogP contribution in [-0.2, 0) is 33.9 Å². The molecule has 2 N–H and O–H groups in total. The normalized spacial score (nSPS) is 17.5. The molecule has 1 aliphatic carbocycles. The summed E-state index contributed by atoms with van der Waals surface area (Å²) in [4.78, 5) is 18.8. The minimum absolute atomic E-state index is 0.190. The quantitative estimate of drug-likeness (QED) is 0.529. The molecule has 0 atom stereocenters. The van der Waals surface area contributed by atoms with Gasteiger partial charge in [0.15, 0.2) is 9.84 Å². The summed E-state index contributed by atoms with van der Waals surface area (Å²) in [6.45, 7) is 1.01. The molecule has 31 heavy (non-hydrogen) atoms. The second-order valence-electron chi connectivity index (χ2n) is 8.93. The highest BCUT2D eigenvalue weighted by Gasteiger charge is 2.27. The summed E-state index contributed by atoms with van der Waals surface area (Å²) < 4.78 is 24.1. The molecule has 4 rings (SSSR count). The van der Waals surface area contributed by atoms with Crippen LogP contribution in [0, 0.1) is 0 Å². The highest BCUT2D eigenvalue weighted by atomic mass is 32.2. The second kappa shape index (κ2) is 8.63. The van der Waals surface area contributed by atoms with E-state index in [0.29, 0.717) is 16.8 Å². The van der Waals surface area contributed by atoms with Crippen molar-refractivity contribution in [1.82, 2.24) is 9.88 Å². The number of carbonyl (C=O) groups is 1. The van der Waals surface area contributed by atoms with Crippen LogP contribution in [-0.4, -0.2) is 51.1 Å². The molecular weight excluding hydrogens is 410 g/mol. The van der Waals surface area contributed by atoms with Crippen molar-refractivity contribution in [2.45, 2.75) is 49.8 Å². The van der Waals surface area contributed by atoms with E-state index in [1.807, 2.05) is 6.08 Å². The average molecular weight is 442 g/mol. The van der Waals surface area contributed by atoms with Crippen LogP contribution < -0.4 is 5.32 Å². The van der Waals surface area contributed by atoms with Gasteiger partial charge in [0.25, 0.3) is 5.91 Å². The van der Waals surface area contributed by atoms with Gasteiger partial charge in [-0.2, -0.15) is 0 Å². The van der Waals surface area contributed by atoms with E-state index in [1.54, 1.807) is 18.2 Å². The summed E-state index contributed by atoms with van der Waals surface area (Å²) in [6, 6.07) is 4.82. The third-order valence-electron chi connectivity index (χ3n) is 6.22. The Hall–Kier alpha value is -2.38. The van der Waals surface area contributed by atoms with Crippen LogP contribution in [0.1, 0.15) is 53.8 Å². The zero-order valence-corrected chi connectivity index (χ0v) is 19.4. The zero-order valence-electron chi connectivity index (χ0n) is 18.5. The van der Waals surface area contributed by atoms with E-state index in [9.17, 15) is 13.2 Å². The lowest BCUT2D eigenvalue weighted by Gasteiger charge is -2.11. The summed E-state index contributed by atoms with van der Waals surface area (Å²) in [5, 5.41) is 2.87. The minimum Gasteiger partial charge on any atom is -0.358 e. The van der Waals surface area contributed by atoms with Crippen LogP contribution in [0.25, 0.3) is 11.6 Å². The van der Waals surface area contributed by atoms with Crippen LogP contribution >= 0.6 is 0 Å².